The lowest BCUT2D eigenvalue weighted by molar-refractivity contribution is -0.149. The van der Waals surface area contributed by atoms with E-state index in [4.69, 9.17) is 10.5 Å². The van der Waals surface area contributed by atoms with Gasteiger partial charge in [0.1, 0.15) is 6.04 Å². The van der Waals surface area contributed by atoms with Gasteiger partial charge in [-0.2, -0.15) is 0 Å². The Kier molecular flexibility index (Phi) is 5.95. The molecule has 3 N–H and O–H groups in total. The first-order valence-corrected chi connectivity index (χ1v) is 7.89. The van der Waals surface area contributed by atoms with E-state index in [9.17, 15) is 9.59 Å². The van der Waals surface area contributed by atoms with E-state index in [-0.39, 0.29) is 23.8 Å². The first-order valence-electron chi connectivity index (χ1n) is 7.89. The van der Waals surface area contributed by atoms with Crippen molar-refractivity contribution in [3.63, 3.8) is 0 Å². The van der Waals surface area contributed by atoms with Crippen LogP contribution in [0, 0.1) is 5.92 Å². The number of esters is 1. The number of hydrogen-bond acceptors (Lipinski definition) is 4. The Hall–Kier alpha value is -1.88. The highest BCUT2D eigenvalue weighted by molar-refractivity contribution is 5.83. The number of rotatable bonds is 5. The highest BCUT2D eigenvalue weighted by Gasteiger charge is 2.29. The predicted molar refractivity (Wildman–Crippen MR) is 83.9 cm³/mol. The predicted octanol–water partition coefficient (Wildman–Crippen LogP) is 1.92. The molecule has 1 atom stereocenters. The van der Waals surface area contributed by atoms with Gasteiger partial charge in [-0.15, -0.1) is 0 Å². The van der Waals surface area contributed by atoms with E-state index in [0.717, 1.165) is 31.2 Å². The monoisotopic (exact) mass is 304 g/mol. The zero-order chi connectivity index (χ0) is 15.9. The zero-order valence-corrected chi connectivity index (χ0v) is 13.0. The van der Waals surface area contributed by atoms with Crippen molar-refractivity contribution in [3.05, 3.63) is 35.9 Å². The van der Waals surface area contributed by atoms with Crippen molar-refractivity contribution in [2.75, 3.05) is 6.61 Å². The molecule has 1 amide bonds. The topological polar surface area (TPSA) is 81.4 Å². The van der Waals surface area contributed by atoms with E-state index in [1.807, 2.05) is 37.3 Å². The van der Waals surface area contributed by atoms with E-state index >= 15 is 0 Å². The maximum Gasteiger partial charge on any atom is 0.308 e. The third kappa shape index (κ3) is 4.31. The Morgan fingerprint density at radius 1 is 1.23 bits per heavy atom. The summed E-state index contributed by atoms with van der Waals surface area (Å²) in [4.78, 5) is 23.9. The molecule has 5 nitrogen and oxygen atoms in total. The summed E-state index contributed by atoms with van der Waals surface area (Å²) < 4.78 is 5.05. The molecule has 1 saturated carbocycles. The maximum atomic E-state index is 12.2. The molecular formula is C17H24N2O3. The van der Waals surface area contributed by atoms with E-state index in [1.165, 1.54) is 0 Å². The average Bonchev–Trinajstić information content (AvgIpc) is 2.55. The van der Waals surface area contributed by atoms with Gasteiger partial charge < -0.3 is 15.8 Å². The maximum absolute atomic E-state index is 12.2. The molecule has 1 aliphatic rings. The van der Waals surface area contributed by atoms with Gasteiger partial charge in [0.15, 0.2) is 0 Å². The highest BCUT2D eigenvalue weighted by Crippen LogP contribution is 2.25. The minimum Gasteiger partial charge on any atom is -0.466 e. The minimum atomic E-state index is -0.649. The summed E-state index contributed by atoms with van der Waals surface area (Å²) in [7, 11) is 0. The molecule has 0 heterocycles. The van der Waals surface area contributed by atoms with Gasteiger partial charge in [0.25, 0.3) is 0 Å². The van der Waals surface area contributed by atoms with Crippen LogP contribution in [0.1, 0.15) is 44.2 Å². The molecule has 0 aliphatic heterocycles. The fraction of sp³-hybridized carbons (Fsp3) is 0.529. The van der Waals surface area contributed by atoms with Crippen molar-refractivity contribution in [1.29, 1.82) is 0 Å². The number of nitrogens with one attached hydrogen (secondary N) is 1. The van der Waals surface area contributed by atoms with E-state index < -0.39 is 6.04 Å². The molecule has 120 valence electrons. The third-order valence-electron chi connectivity index (χ3n) is 4.13. The van der Waals surface area contributed by atoms with Crippen molar-refractivity contribution in [2.45, 2.75) is 44.7 Å². The van der Waals surface area contributed by atoms with Crippen LogP contribution in [0.5, 0.6) is 0 Å². The number of nitrogens with two attached hydrogens (primary N) is 1. The summed E-state index contributed by atoms with van der Waals surface area (Å²) in [5.41, 5.74) is 6.79. The van der Waals surface area contributed by atoms with Gasteiger partial charge in [-0.25, -0.2) is 0 Å². The Morgan fingerprint density at radius 2 is 1.86 bits per heavy atom. The molecule has 1 aromatic carbocycles. The fourth-order valence-corrected chi connectivity index (χ4v) is 2.84. The second-order valence-electron chi connectivity index (χ2n) is 5.70. The van der Waals surface area contributed by atoms with Crippen LogP contribution < -0.4 is 11.1 Å². The lowest BCUT2D eigenvalue weighted by Crippen LogP contribution is -2.43. The van der Waals surface area contributed by atoms with Crippen LogP contribution in [-0.4, -0.2) is 24.5 Å². The molecule has 22 heavy (non-hydrogen) atoms. The lowest BCUT2D eigenvalue weighted by atomic mass is 9.86. The summed E-state index contributed by atoms with van der Waals surface area (Å²) in [6.07, 6.45) is 3.09. The van der Waals surface area contributed by atoms with Gasteiger partial charge in [-0.1, -0.05) is 30.3 Å². The largest absolute Gasteiger partial charge is 0.466 e. The molecule has 5 heteroatoms. The summed E-state index contributed by atoms with van der Waals surface area (Å²) in [6.45, 7) is 2.23. The van der Waals surface area contributed by atoms with Crippen LogP contribution in [-0.2, 0) is 14.3 Å². The Labute approximate surface area is 131 Å². The van der Waals surface area contributed by atoms with Crippen LogP contribution >= 0.6 is 0 Å². The third-order valence-corrected chi connectivity index (χ3v) is 4.13. The quantitative estimate of drug-likeness (QED) is 0.814. The molecule has 0 aromatic heterocycles. The first-order chi connectivity index (χ1) is 10.6. The number of amides is 1. The summed E-state index contributed by atoms with van der Waals surface area (Å²) in [5.74, 6) is -0.310. The number of ether oxygens (including phenoxy) is 1. The standard InChI is InChI=1S/C17H24N2O3/c1-2-22-17(21)13-8-10-14(11-9-13)19-16(20)15(18)12-6-4-3-5-7-12/h3-7,13-15H,2,8-11,18H2,1H3,(H,19,20). The van der Waals surface area contributed by atoms with Gasteiger partial charge >= 0.3 is 5.97 Å². The highest BCUT2D eigenvalue weighted by atomic mass is 16.5. The molecule has 0 saturated heterocycles. The molecule has 0 bridgehead atoms. The van der Waals surface area contributed by atoms with Gasteiger partial charge in [0.05, 0.1) is 12.5 Å². The summed E-state index contributed by atoms with van der Waals surface area (Å²) >= 11 is 0. The molecule has 1 unspecified atom stereocenters. The van der Waals surface area contributed by atoms with E-state index in [0.29, 0.717) is 6.61 Å². The molecule has 1 aliphatic carbocycles. The van der Waals surface area contributed by atoms with Crippen molar-refractivity contribution >= 4 is 11.9 Å². The molecule has 1 fully saturated rings. The number of carbonyl (C=O) groups excluding carboxylic acids is 2. The lowest BCUT2D eigenvalue weighted by Gasteiger charge is -2.28. The smallest absolute Gasteiger partial charge is 0.308 e. The second-order valence-corrected chi connectivity index (χ2v) is 5.70. The fourth-order valence-electron chi connectivity index (χ4n) is 2.84. The van der Waals surface area contributed by atoms with Crippen molar-refractivity contribution < 1.29 is 14.3 Å². The number of hydrogen-bond donors (Lipinski definition) is 2. The molecule has 1 aromatic rings. The summed E-state index contributed by atoms with van der Waals surface area (Å²) in [6, 6.07) is 8.77. The first kappa shape index (κ1) is 16.5. The average molecular weight is 304 g/mol. The Bertz CT molecular complexity index is 496. The van der Waals surface area contributed by atoms with Gasteiger partial charge in [0.2, 0.25) is 5.91 Å². The number of carbonyl (C=O) groups is 2. The van der Waals surface area contributed by atoms with Gasteiger partial charge in [0, 0.05) is 6.04 Å². The van der Waals surface area contributed by atoms with Crippen LogP contribution in [0.25, 0.3) is 0 Å². The SMILES string of the molecule is CCOC(=O)C1CCC(NC(=O)C(N)c2ccccc2)CC1. The van der Waals surface area contributed by atoms with Crippen LogP contribution in [0.3, 0.4) is 0 Å². The van der Waals surface area contributed by atoms with E-state index in [1.54, 1.807) is 0 Å². The van der Waals surface area contributed by atoms with Crippen LogP contribution in [0.15, 0.2) is 30.3 Å². The molecule has 0 spiro atoms. The Morgan fingerprint density at radius 3 is 2.45 bits per heavy atom. The minimum absolute atomic E-state index is 0.0316. The zero-order valence-electron chi connectivity index (χ0n) is 13.0. The van der Waals surface area contributed by atoms with Gasteiger partial charge in [-0.3, -0.25) is 9.59 Å². The summed E-state index contributed by atoms with van der Waals surface area (Å²) in [5, 5.41) is 2.99. The van der Waals surface area contributed by atoms with Crippen molar-refractivity contribution in [2.24, 2.45) is 11.7 Å². The molecule has 0 radical (unpaired) electrons. The van der Waals surface area contributed by atoms with Crippen LogP contribution in [0.2, 0.25) is 0 Å². The molecular weight excluding hydrogens is 280 g/mol. The second kappa shape index (κ2) is 7.94. The van der Waals surface area contributed by atoms with Crippen molar-refractivity contribution in [3.8, 4) is 0 Å². The van der Waals surface area contributed by atoms with E-state index in [2.05, 4.69) is 5.32 Å². The Balaban J connectivity index is 1.81. The molecule has 2 rings (SSSR count). The van der Waals surface area contributed by atoms with Gasteiger partial charge in [-0.05, 0) is 38.2 Å². The van der Waals surface area contributed by atoms with Crippen LogP contribution in [0.4, 0.5) is 0 Å². The van der Waals surface area contributed by atoms with Crippen molar-refractivity contribution in [1.82, 2.24) is 5.32 Å². The normalized spacial score (nSPS) is 22.6. The number of benzene rings is 1.